The van der Waals surface area contributed by atoms with Gasteiger partial charge in [0.05, 0.1) is 13.2 Å². The fourth-order valence-electron chi connectivity index (χ4n) is 3.31. The number of aliphatic hydroxyl groups excluding tert-OH is 1. The number of benzene rings is 1. The lowest BCUT2D eigenvalue weighted by molar-refractivity contribution is -0.121. The van der Waals surface area contributed by atoms with Crippen molar-refractivity contribution in [3.05, 3.63) is 48.4 Å². The number of hydrogen-bond acceptors (Lipinski definition) is 6. The van der Waals surface area contributed by atoms with E-state index in [4.69, 9.17) is 4.74 Å². The van der Waals surface area contributed by atoms with Gasteiger partial charge in [0.2, 0.25) is 5.91 Å². The Kier molecular flexibility index (Phi) is 6.01. The lowest BCUT2D eigenvalue weighted by Gasteiger charge is -2.18. The Morgan fingerprint density at radius 1 is 1.35 bits per heavy atom. The van der Waals surface area contributed by atoms with Crippen molar-refractivity contribution in [1.82, 2.24) is 15.3 Å². The van der Waals surface area contributed by atoms with Gasteiger partial charge in [0.15, 0.2) is 0 Å². The average molecular weight is 356 g/mol. The minimum atomic E-state index is -0.0971. The van der Waals surface area contributed by atoms with Crippen LogP contribution in [0, 0.1) is 5.92 Å². The second-order valence-corrected chi connectivity index (χ2v) is 6.40. The molecule has 0 radical (unpaired) electrons. The third-order valence-corrected chi connectivity index (χ3v) is 4.73. The Bertz CT molecular complexity index is 726. The molecule has 1 aliphatic rings. The molecule has 1 saturated heterocycles. The number of anilines is 1. The zero-order valence-corrected chi connectivity index (χ0v) is 14.8. The zero-order valence-electron chi connectivity index (χ0n) is 14.8. The van der Waals surface area contributed by atoms with Gasteiger partial charge in [-0.2, -0.15) is 0 Å². The van der Waals surface area contributed by atoms with Gasteiger partial charge in [0, 0.05) is 38.2 Å². The average Bonchev–Trinajstić information content (AvgIpc) is 3.10. The largest absolute Gasteiger partial charge is 0.496 e. The molecule has 2 aromatic rings. The predicted octanol–water partition coefficient (Wildman–Crippen LogP) is 1.03. The standard InChI is InChI=1S/C19H24N4O3/c1-26-17-5-3-2-4-14(17)6-7-19(25)22-16-11-23(10-15(16)12-24)18-8-9-20-13-21-18/h2-5,8-9,13,15-16,24H,6-7,10-12H2,1H3,(H,22,25)/t15-,16+/m0/s1. The third kappa shape index (κ3) is 4.29. The molecule has 1 fully saturated rings. The van der Waals surface area contributed by atoms with Crippen molar-refractivity contribution in [2.75, 3.05) is 31.7 Å². The molecule has 1 aromatic carbocycles. The van der Waals surface area contributed by atoms with Crippen molar-refractivity contribution in [1.29, 1.82) is 0 Å². The monoisotopic (exact) mass is 356 g/mol. The van der Waals surface area contributed by atoms with Crippen LogP contribution in [-0.2, 0) is 11.2 Å². The summed E-state index contributed by atoms with van der Waals surface area (Å²) < 4.78 is 5.33. The highest BCUT2D eigenvalue weighted by atomic mass is 16.5. The number of rotatable bonds is 7. The highest BCUT2D eigenvalue weighted by Gasteiger charge is 2.33. The number of hydrogen-bond donors (Lipinski definition) is 2. The molecule has 138 valence electrons. The number of amides is 1. The molecule has 0 aliphatic carbocycles. The molecule has 0 unspecified atom stereocenters. The van der Waals surface area contributed by atoms with Crippen LogP contribution < -0.4 is 15.0 Å². The SMILES string of the molecule is COc1ccccc1CCC(=O)N[C@@H]1CN(c2ccncn2)C[C@H]1CO. The Morgan fingerprint density at radius 2 is 2.19 bits per heavy atom. The lowest BCUT2D eigenvalue weighted by atomic mass is 10.0. The summed E-state index contributed by atoms with van der Waals surface area (Å²) in [5.41, 5.74) is 1.01. The minimum absolute atomic E-state index is 0.0137. The maximum absolute atomic E-state index is 12.4. The maximum Gasteiger partial charge on any atom is 0.220 e. The number of ether oxygens (including phenoxy) is 1. The third-order valence-electron chi connectivity index (χ3n) is 4.73. The molecule has 7 nitrogen and oxygen atoms in total. The van der Waals surface area contributed by atoms with Crippen molar-refractivity contribution in [3.8, 4) is 5.75 Å². The van der Waals surface area contributed by atoms with E-state index in [1.807, 2.05) is 30.3 Å². The summed E-state index contributed by atoms with van der Waals surface area (Å²) in [5.74, 6) is 1.57. The van der Waals surface area contributed by atoms with Crippen molar-refractivity contribution >= 4 is 11.7 Å². The second-order valence-electron chi connectivity index (χ2n) is 6.40. The van der Waals surface area contributed by atoms with Crippen molar-refractivity contribution < 1.29 is 14.6 Å². The lowest BCUT2D eigenvalue weighted by Crippen LogP contribution is -2.41. The number of methoxy groups -OCH3 is 1. The first-order valence-corrected chi connectivity index (χ1v) is 8.74. The molecule has 0 saturated carbocycles. The zero-order chi connectivity index (χ0) is 18.4. The van der Waals surface area contributed by atoms with Crippen LogP contribution in [0.15, 0.2) is 42.9 Å². The number of nitrogens with one attached hydrogen (secondary N) is 1. The first-order chi connectivity index (χ1) is 12.7. The van der Waals surface area contributed by atoms with Gasteiger partial charge in [-0.1, -0.05) is 18.2 Å². The number of aliphatic hydroxyl groups is 1. The van der Waals surface area contributed by atoms with Crippen LogP contribution in [0.3, 0.4) is 0 Å². The van der Waals surface area contributed by atoms with E-state index in [0.717, 1.165) is 17.1 Å². The first kappa shape index (κ1) is 18.1. The van der Waals surface area contributed by atoms with E-state index >= 15 is 0 Å². The quantitative estimate of drug-likeness (QED) is 0.771. The van der Waals surface area contributed by atoms with Crippen LogP contribution in [0.25, 0.3) is 0 Å². The van der Waals surface area contributed by atoms with Crippen LogP contribution >= 0.6 is 0 Å². The van der Waals surface area contributed by atoms with Crippen LogP contribution in [0.2, 0.25) is 0 Å². The summed E-state index contributed by atoms with van der Waals surface area (Å²) in [6.07, 6.45) is 4.18. The summed E-state index contributed by atoms with van der Waals surface area (Å²) in [6.45, 7) is 1.31. The number of aryl methyl sites for hydroxylation is 1. The number of para-hydroxylation sites is 1. The molecule has 1 amide bonds. The summed E-state index contributed by atoms with van der Waals surface area (Å²) >= 11 is 0. The number of carbonyl (C=O) groups is 1. The van der Waals surface area contributed by atoms with Gasteiger partial charge in [0.25, 0.3) is 0 Å². The van der Waals surface area contributed by atoms with Gasteiger partial charge in [-0.15, -0.1) is 0 Å². The van der Waals surface area contributed by atoms with Crippen LogP contribution in [0.1, 0.15) is 12.0 Å². The van der Waals surface area contributed by atoms with Crippen molar-refractivity contribution in [2.45, 2.75) is 18.9 Å². The number of aromatic nitrogens is 2. The van der Waals surface area contributed by atoms with Gasteiger partial charge >= 0.3 is 0 Å². The first-order valence-electron chi connectivity index (χ1n) is 8.74. The van der Waals surface area contributed by atoms with Gasteiger partial charge in [-0.05, 0) is 24.1 Å². The van der Waals surface area contributed by atoms with Crippen LogP contribution in [-0.4, -0.2) is 53.8 Å². The number of nitrogens with zero attached hydrogens (tertiary/aromatic N) is 3. The normalized spacial score (nSPS) is 19.4. The van der Waals surface area contributed by atoms with E-state index in [-0.39, 0.29) is 24.5 Å². The van der Waals surface area contributed by atoms with E-state index in [1.54, 1.807) is 13.3 Å². The Labute approximate surface area is 153 Å². The summed E-state index contributed by atoms with van der Waals surface area (Å²) in [4.78, 5) is 22.6. The Hall–Kier alpha value is -2.67. The highest BCUT2D eigenvalue weighted by Crippen LogP contribution is 2.22. The van der Waals surface area contributed by atoms with Gasteiger partial charge < -0.3 is 20.1 Å². The predicted molar refractivity (Wildman–Crippen MR) is 98.1 cm³/mol. The highest BCUT2D eigenvalue weighted by molar-refractivity contribution is 5.77. The molecular weight excluding hydrogens is 332 g/mol. The summed E-state index contributed by atoms with van der Waals surface area (Å²) in [5, 5.41) is 12.7. The topological polar surface area (TPSA) is 87.6 Å². The Morgan fingerprint density at radius 3 is 2.92 bits per heavy atom. The van der Waals surface area contributed by atoms with E-state index in [2.05, 4.69) is 20.2 Å². The molecule has 1 aliphatic heterocycles. The van der Waals surface area contributed by atoms with E-state index in [0.29, 0.717) is 25.9 Å². The van der Waals surface area contributed by atoms with Gasteiger partial charge in [0.1, 0.15) is 17.9 Å². The molecule has 3 rings (SSSR count). The Balaban J connectivity index is 1.56. The van der Waals surface area contributed by atoms with E-state index < -0.39 is 0 Å². The van der Waals surface area contributed by atoms with Crippen molar-refractivity contribution in [2.24, 2.45) is 5.92 Å². The summed E-state index contributed by atoms with van der Waals surface area (Å²) in [7, 11) is 1.63. The maximum atomic E-state index is 12.4. The molecule has 7 heteroatoms. The van der Waals surface area contributed by atoms with Crippen molar-refractivity contribution in [3.63, 3.8) is 0 Å². The fourth-order valence-corrected chi connectivity index (χ4v) is 3.31. The molecule has 2 N–H and O–H groups in total. The molecular formula is C19H24N4O3. The second kappa shape index (κ2) is 8.62. The number of carbonyl (C=O) groups excluding carboxylic acids is 1. The fraction of sp³-hybridized carbons (Fsp3) is 0.421. The van der Waals surface area contributed by atoms with E-state index in [9.17, 15) is 9.90 Å². The van der Waals surface area contributed by atoms with Crippen LogP contribution in [0.5, 0.6) is 5.75 Å². The van der Waals surface area contributed by atoms with Crippen LogP contribution in [0.4, 0.5) is 5.82 Å². The minimum Gasteiger partial charge on any atom is -0.496 e. The van der Waals surface area contributed by atoms with Gasteiger partial charge in [-0.25, -0.2) is 9.97 Å². The summed E-state index contributed by atoms with van der Waals surface area (Å²) in [6, 6.07) is 9.45. The van der Waals surface area contributed by atoms with Gasteiger partial charge in [-0.3, -0.25) is 4.79 Å². The molecule has 0 spiro atoms. The molecule has 2 atom stereocenters. The molecule has 0 bridgehead atoms. The molecule has 26 heavy (non-hydrogen) atoms. The van der Waals surface area contributed by atoms with E-state index in [1.165, 1.54) is 6.33 Å². The molecule has 1 aromatic heterocycles. The smallest absolute Gasteiger partial charge is 0.220 e. The molecule has 2 heterocycles.